The van der Waals surface area contributed by atoms with Gasteiger partial charge in [0.05, 0.1) is 12.2 Å². The van der Waals surface area contributed by atoms with Crippen LogP contribution < -0.4 is 10.9 Å². The lowest BCUT2D eigenvalue weighted by Crippen LogP contribution is -2.41. The summed E-state index contributed by atoms with van der Waals surface area (Å²) in [5.41, 5.74) is 6.40. The Morgan fingerprint density at radius 2 is 1.96 bits per heavy atom. The molecule has 0 saturated carbocycles. The Labute approximate surface area is 137 Å². The number of rotatable bonds is 7. The Morgan fingerprint density at radius 3 is 2.61 bits per heavy atom. The first-order chi connectivity index (χ1) is 10.8. The van der Waals surface area contributed by atoms with Gasteiger partial charge in [0, 0.05) is 6.54 Å². The van der Waals surface area contributed by atoms with Crippen molar-refractivity contribution in [3.05, 3.63) is 35.4 Å². The third-order valence-electron chi connectivity index (χ3n) is 2.79. The van der Waals surface area contributed by atoms with Gasteiger partial charge in [-0.3, -0.25) is 5.43 Å². The first-order valence-electron chi connectivity index (χ1n) is 7.79. The maximum absolute atomic E-state index is 11.7. The molecule has 0 saturated heterocycles. The Morgan fingerprint density at radius 1 is 1.22 bits per heavy atom. The fourth-order valence-electron chi connectivity index (χ4n) is 1.89. The summed E-state index contributed by atoms with van der Waals surface area (Å²) >= 11 is 0. The lowest BCUT2D eigenvalue weighted by molar-refractivity contribution is 0.0494. The highest BCUT2D eigenvalue weighted by Gasteiger charge is 2.15. The maximum Gasteiger partial charge on any atom is 0.422 e. The Balaban J connectivity index is 2.30. The number of hydrogen-bond donors (Lipinski definition) is 2. The largest absolute Gasteiger partial charge is 0.462 e. The molecular weight excluding hydrogens is 296 g/mol. The minimum Gasteiger partial charge on any atom is -0.462 e. The second-order valence-corrected chi connectivity index (χ2v) is 6.08. The second kappa shape index (κ2) is 9.15. The highest BCUT2D eigenvalue weighted by atomic mass is 16.6. The summed E-state index contributed by atoms with van der Waals surface area (Å²) in [7, 11) is 0. The lowest BCUT2D eigenvalue weighted by Gasteiger charge is -2.19. The van der Waals surface area contributed by atoms with Crippen LogP contribution in [-0.4, -0.2) is 30.8 Å². The van der Waals surface area contributed by atoms with Crippen LogP contribution in [0.15, 0.2) is 24.3 Å². The van der Waals surface area contributed by atoms with Gasteiger partial charge in [0.25, 0.3) is 0 Å². The van der Waals surface area contributed by atoms with Crippen LogP contribution in [0.4, 0.5) is 4.79 Å². The molecule has 6 heteroatoms. The monoisotopic (exact) mass is 322 g/mol. The molecule has 6 nitrogen and oxygen atoms in total. The minimum atomic E-state index is -0.515. The number of benzene rings is 1. The molecule has 0 heterocycles. The fourth-order valence-corrected chi connectivity index (χ4v) is 1.89. The van der Waals surface area contributed by atoms with Gasteiger partial charge < -0.3 is 9.47 Å². The van der Waals surface area contributed by atoms with Crippen LogP contribution in [0.3, 0.4) is 0 Å². The van der Waals surface area contributed by atoms with Crippen molar-refractivity contribution in [2.24, 2.45) is 0 Å². The molecule has 0 unspecified atom stereocenters. The van der Waals surface area contributed by atoms with Crippen molar-refractivity contribution >= 4 is 12.1 Å². The van der Waals surface area contributed by atoms with E-state index < -0.39 is 11.7 Å². The van der Waals surface area contributed by atoms with Gasteiger partial charge in [0.15, 0.2) is 0 Å². The molecule has 1 aromatic rings. The normalized spacial score (nSPS) is 11.0. The molecule has 0 aliphatic heterocycles. The fraction of sp³-hybridized carbons (Fsp3) is 0.529. The Kier molecular flexibility index (Phi) is 7.54. The first kappa shape index (κ1) is 19.0. The molecule has 0 fully saturated rings. The molecule has 0 radical (unpaired) electrons. The molecule has 1 rings (SSSR count). The van der Waals surface area contributed by atoms with Crippen LogP contribution in [0.1, 0.15) is 50.0 Å². The van der Waals surface area contributed by atoms with Gasteiger partial charge in [-0.15, -0.1) is 0 Å². The summed E-state index contributed by atoms with van der Waals surface area (Å²) in [6.45, 7) is 8.17. The molecule has 0 aliphatic carbocycles. The third-order valence-corrected chi connectivity index (χ3v) is 2.79. The van der Waals surface area contributed by atoms with E-state index in [1.165, 1.54) is 0 Å². The van der Waals surface area contributed by atoms with Crippen molar-refractivity contribution < 1.29 is 19.1 Å². The predicted molar refractivity (Wildman–Crippen MR) is 88.1 cm³/mol. The van der Waals surface area contributed by atoms with E-state index in [1.54, 1.807) is 13.0 Å². The molecule has 0 bridgehead atoms. The zero-order valence-corrected chi connectivity index (χ0v) is 14.3. The summed E-state index contributed by atoms with van der Waals surface area (Å²) in [6.07, 6.45) is 1.10. The average Bonchev–Trinajstić information content (AvgIpc) is 2.45. The average molecular weight is 322 g/mol. The van der Waals surface area contributed by atoms with Crippen molar-refractivity contribution in [2.75, 3.05) is 13.2 Å². The first-order valence-corrected chi connectivity index (χ1v) is 7.79. The third kappa shape index (κ3) is 8.21. The zero-order chi connectivity index (χ0) is 17.3. The molecule has 2 N–H and O–H groups in total. The highest BCUT2D eigenvalue weighted by Crippen LogP contribution is 2.09. The van der Waals surface area contributed by atoms with Gasteiger partial charge in [0.2, 0.25) is 0 Å². The van der Waals surface area contributed by atoms with Crippen LogP contribution in [0, 0.1) is 0 Å². The quantitative estimate of drug-likeness (QED) is 0.458. The van der Waals surface area contributed by atoms with Gasteiger partial charge in [-0.25, -0.2) is 15.0 Å². The van der Waals surface area contributed by atoms with Gasteiger partial charge in [-0.2, -0.15) is 0 Å². The molecule has 0 spiro atoms. The van der Waals surface area contributed by atoms with Gasteiger partial charge in [0.1, 0.15) is 5.60 Å². The van der Waals surface area contributed by atoms with E-state index in [4.69, 9.17) is 9.47 Å². The molecule has 0 aromatic heterocycles. The number of amides is 1. The minimum absolute atomic E-state index is 0.306. The molecule has 128 valence electrons. The number of aryl methyl sites for hydroxylation is 1. The SMILES string of the molecule is CCOC(=O)c1cccc(CCCNNC(=O)OC(C)(C)C)c1. The number of esters is 1. The van der Waals surface area contributed by atoms with Crippen molar-refractivity contribution in [3.8, 4) is 0 Å². The van der Waals surface area contributed by atoms with Gasteiger partial charge in [-0.05, 0) is 58.2 Å². The summed E-state index contributed by atoms with van der Waals surface area (Å²) in [5.74, 6) is -0.306. The van der Waals surface area contributed by atoms with Crippen LogP contribution >= 0.6 is 0 Å². The second-order valence-electron chi connectivity index (χ2n) is 6.08. The molecule has 1 amide bonds. The van der Waals surface area contributed by atoms with Crippen molar-refractivity contribution in [1.82, 2.24) is 10.9 Å². The topological polar surface area (TPSA) is 76.7 Å². The smallest absolute Gasteiger partial charge is 0.422 e. The van der Waals surface area contributed by atoms with Crippen molar-refractivity contribution in [1.29, 1.82) is 0 Å². The molecule has 0 atom stereocenters. The van der Waals surface area contributed by atoms with Crippen molar-refractivity contribution in [2.45, 2.75) is 46.1 Å². The van der Waals surface area contributed by atoms with Crippen LogP contribution in [0.5, 0.6) is 0 Å². The number of ether oxygens (including phenoxy) is 2. The summed E-state index contributed by atoms with van der Waals surface area (Å²) in [4.78, 5) is 23.1. The van der Waals surface area contributed by atoms with E-state index >= 15 is 0 Å². The lowest BCUT2D eigenvalue weighted by atomic mass is 10.1. The number of hydrazine groups is 1. The standard InChI is InChI=1S/C17H26N2O4/c1-5-22-15(20)14-10-6-8-13(12-14)9-7-11-18-19-16(21)23-17(2,3)4/h6,8,10,12,18H,5,7,9,11H2,1-4H3,(H,19,21). The van der Waals surface area contributed by atoms with E-state index in [-0.39, 0.29) is 5.97 Å². The van der Waals surface area contributed by atoms with E-state index in [1.807, 2.05) is 39.0 Å². The number of carbonyl (C=O) groups excluding carboxylic acids is 2. The van der Waals surface area contributed by atoms with E-state index in [0.29, 0.717) is 18.7 Å². The van der Waals surface area contributed by atoms with Crippen LogP contribution in [0.25, 0.3) is 0 Å². The summed E-state index contributed by atoms with van der Waals surface area (Å²) in [6, 6.07) is 7.38. The highest BCUT2D eigenvalue weighted by molar-refractivity contribution is 5.89. The van der Waals surface area contributed by atoms with Crippen LogP contribution in [0.2, 0.25) is 0 Å². The van der Waals surface area contributed by atoms with E-state index in [0.717, 1.165) is 18.4 Å². The molecule has 1 aromatic carbocycles. The molecule has 0 aliphatic rings. The van der Waals surface area contributed by atoms with Gasteiger partial charge in [-0.1, -0.05) is 12.1 Å². The zero-order valence-electron chi connectivity index (χ0n) is 14.3. The molecular formula is C17H26N2O4. The van der Waals surface area contributed by atoms with Crippen LogP contribution in [-0.2, 0) is 15.9 Å². The Bertz CT molecular complexity index is 524. The predicted octanol–water partition coefficient (Wildman–Crippen LogP) is 2.83. The van der Waals surface area contributed by atoms with Gasteiger partial charge >= 0.3 is 12.1 Å². The number of nitrogens with one attached hydrogen (secondary N) is 2. The summed E-state index contributed by atoms with van der Waals surface area (Å²) in [5, 5.41) is 0. The van der Waals surface area contributed by atoms with Crippen molar-refractivity contribution in [3.63, 3.8) is 0 Å². The number of carbonyl (C=O) groups is 2. The molecule has 23 heavy (non-hydrogen) atoms. The summed E-state index contributed by atoms with van der Waals surface area (Å²) < 4.78 is 10.1. The maximum atomic E-state index is 11.7. The van der Waals surface area contributed by atoms with E-state index in [2.05, 4.69) is 10.9 Å². The number of hydrogen-bond acceptors (Lipinski definition) is 5. The van der Waals surface area contributed by atoms with E-state index in [9.17, 15) is 9.59 Å². The Hall–Kier alpha value is -2.08.